The molecule has 0 spiro atoms. The number of halogens is 4. The van der Waals surface area contributed by atoms with Gasteiger partial charge in [0.25, 0.3) is 0 Å². The van der Waals surface area contributed by atoms with Crippen molar-refractivity contribution in [2.75, 3.05) is 5.32 Å². The lowest BCUT2D eigenvalue weighted by molar-refractivity contribution is -0.137. The Morgan fingerprint density at radius 3 is 2.49 bits per heavy atom. The predicted octanol–water partition coefficient (Wildman–Crippen LogP) is 4.55. The molecule has 2 aromatic carbocycles. The second-order valence-electron chi connectivity index (χ2n) is 8.27. The third-order valence-corrected chi connectivity index (χ3v) is 5.85. The molecule has 1 atom stereocenters. The van der Waals surface area contributed by atoms with Crippen LogP contribution < -0.4 is 5.32 Å². The number of hydrogen-bond acceptors (Lipinski definition) is 6. The van der Waals surface area contributed by atoms with E-state index in [9.17, 15) is 23.4 Å². The highest BCUT2D eigenvalue weighted by Crippen LogP contribution is 2.40. The molecule has 8 nitrogen and oxygen atoms in total. The maximum atomic E-state index is 15.0. The van der Waals surface area contributed by atoms with E-state index in [4.69, 9.17) is 0 Å². The summed E-state index contributed by atoms with van der Waals surface area (Å²) in [6, 6.07) is 11.5. The summed E-state index contributed by atoms with van der Waals surface area (Å²) >= 11 is 0. The molecule has 3 heterocycles. The zero-order valence-corrected chi connectivity index (χ0v) is 19.3. The number of benzene rings is 2. The van der Waals surface area contributed by atoms with Crippen LogP contribution in [0, 0.1) is 5.82 Å². The first kappa shape index (κ1) is 24.4. The van der Waals surface area contributed by atoms with Gasteiger partial charge in [0.1, 0.15) is 17.8 Å². The van der Waals surface area contributed by atoms with Gasteiger partial charge in [-0.05, 0) is 18.2 Å². The second-order valence-corrected chi connectivity index (χ2v) is 8.27. The van der Waals surface area contributed by atoms with Crippen LogP contribution in [0.25, 0.3) is 28.2 Å². The van der Waals surface area contributed by atoms with E-state index in [1.54, 1.807) is 37.4 Å². The molecule has 0 saturated heterocycles. The predicted molar refractivity (Wildman–Crippen MR) is 127 cm³/mol. The first-order chi connectivity index (χ1) is 17.7. The van der Waals surface area contributed by atoms with E-state index in [1.165, 1.54) is 33.9 Å². The van der Waals surface area contributed by atoms with Gasteiger partial charge in [0.05, 0.1) is 35.4 Å². The van der Waals surface area contributed by atoms with E-state index in [-0.39, 0.29) is 29.2 Å². The molecule has 5 aromatic rings. The van der Waals surface area contributed by atoms with Crippen molar-refractivity contribution in [3.63, 3.8) is 0 Å². The van der Waals surface area contributed by atoms with Crippen molar-refractivity contribution in [1.82, 2.24) is 24.1 Å². The molecule has 0 aliphatic heterocycles. The van der Waals surface area contributed by atoms with Gasteiger partial charge >= 0.3 is 6.18 Å². The van der Waals surface area contributed by atoms with Gasteiger partial charge in [-0.25, -0.2) is 14.4 Å². The highest BCUT2D eigenvalue weighted by molar-refractivity contribution is 5.84. The average Bonchev–Trinajstić information content (AvgIpc) is 3.50. The van der Waals surface area contributed by atoms with Crippen molar-refractivity contribution in [3.05, 3.63) is 89.9 Å². The number of aliphatic hydroxyl groups is 2. The zero-order chi connectivity index (χ0) is 26.3. The lowest BCUT2D eigenvalue weighted by Gasteiger charge is -2.20. The summed E-state index contributed by atoms with van der Waals surface area (Å²) in [5, 5.41) is 27.5. The number of imidazole rings is 1. The Bertz CT molecular complexity index is 1580. The third kappa shape index (κ3) is 4.52. The van der Waals surface area contributed by atoms with E-state index < -0.39 is 29.3 Å². The number of rotatable bonds is 6. The first-order valence-electron chi connectivity index (χ1n) is 11.0. The molecule has 3 N–H and O–H groups in total. The fourth-order valence-electron chi connectivity index (χ4n) is 4.08. The third-order valence-electron chi connectivity index (χ3n) is 5.85. The van der Waals surface area contributed by atoms with Crippen LogP contribution in [0.4, 0.5) is 23.2 Å². The Morgan fingerprint density at radius 1 is 1.08 bits per heavy atom. The average molecular weight is 512 g/mol. The van der Waals surface area contributed by atoms with Crippen molar-refractivity contribution in [3.8, 4) is 22.5 Å². The number of aryl methyl sites for hydroxylation is 1. The quantitative estimate of drug-likeness (QED) is 0.228. The number of hydrogen-bond donors (Lipinski definition) is 3. The van der Waals surface area contributed by atoms with Crippen LogP contribution in [0.2, 0.25) is 0 Å². The van der Waals surface area contributed by atoms with Crippen LogP contribution >= 0.6 is 0 Å². The number of fused-ring (bicyclic) bond motifs is 1. The lowest BCUT2D eigenvalue weighted by Crippen LogP contribution is -2.16. The summed E-state index contributed by atoms with van der Waals surface area (Å²) in [5.74, 6) is -1.26. The molecule has 1 unspecified atom stereocenters. The summed E-state index contributed by atoms with van der Waals surface area (Å²) < 4.78 is 59.0. The SMILES string of the molecule is Cn1ccc(-c2cc(C(O)Nc3c(-c4ccccc4)ncn4c(CO)cnc34)c(F)cc2C(F)(F)F)n1. The van der Waals surface area contributed by atoms with Crippen molar-refractivity contribution < 1.29 is 27.8 Å². The maximum Gasteiger partial charge on any atom is 0.417 e. The first-order valence-corrected chi connectivity index (χ1v) is 11.0. The Kier molecular flexibility index (Phi) is 6.13. The van der Waals surface area contributed by atoms with E-state index >= 15 is 4.39 Å². The molecule has 5 rings (SSSR count). The van der Waals surface area contributed by atoms with E-state index in [0.29, 0.717) is 23.0 Å². The fraction of sp³-hybridized carbons (Fsp3) is 0.160. The van der Waals surface area contributed by atoms with Crippen LogP contribution in [-0.2, 0) is 19.8 Å². The minimum absolute atomic E-state index is 0.0298. The highest BCUT2D eigenvalue weighted by atomic mass is 19.4. The van der Waals surface area contributed by atoms with Crippen LogP contribution in [0.15, 0.2) is 67.3 Å². The summed E-state index contributed by atoms with van der Waals surface area (Å²) in [4.78, 5) is 8.72. The van der Waals surface area contributed by atoms with Gasteiger partial charge in [-0.15, -0.1) is 0 Å². The Balaban J connectivity index is 1.64. The number of aromatic nitrogens is 5. The monoisotopic (exact) mass is 512 g/mol. The second kappa shape index (κ2) is 9.30. The molecule has 37 heavy (non-hydrogen) atoms. The minimum Gasteiger partial charge on any atom is -0.390 e. The molecular weight excluding hydrogens is 492 g/mol. The van der Waals surface area contributed by atoms with Crippen LogP contribution in [0.1, 0.15) is 23.0 Å². The van der Waals surface area contributed by atoms with Crippen molar-refractivity contribution in [2.24, 2.45) is 7.05 Å². The standard InChI is InChI=1S/C25H20F4N6O2/c1-34-8-7-20(33-34)16-9-17(19(26)10-18(16)25(27,28)29)24(37)32-22-21(14-5-3-2-4-6-14)31-13-35-15(12-36)11-30-23(22)35/h2-11,13,24,32,36-37H,12H2,1H3. The Labute approximate surface area is 207 Å². The number of aliphatic hydroxyl groups excluding tert-OH is 2. The largest absolute Gasteiger partial charge is 0.417 e. The maximum absolute atomic E-state index is 15.0. The zero-order valence-electron chi connectivity index (χ0n) is 19.3. The minimum atomic E-state index is -4.85. The van der Waals surface area contributed by atoms with Gasteiger partial charge in [-0.3, -0.25) is 9.08 Å². The molecule has 0 radical (unpaired) electrons. The normalized spacial score (nSPS) is 12.7. The molecule has 0 fully saturated rings. The van der Waals surface area contributed by atoms with Crippen molar-refractivity contribution in [2.45, 2.75) is 19.0 Å². The van der Waals surface area contributed by atoms with Gasteiger partial charge in [0.2, 0.25) is 0 Å². The molecule has 0 aliphatic rings. The molecular formula is C25H20F4N6O2. The molecule has 190 valence electrons. The van der Waals surface area contributed by atoms with Crippen molar-refractivity contribution >= 4 is 11.3 Å². The summed E-state index contributed by atoms with van der Waals surface area (Å²) in [5.41, 5.74) is -0.162. The van der Waals surface area contributed by atoms with Gasteiger partial charge < -0.3 is 15.5 Å². The molecule has 12 heteroatoms. The molecule has 0 saturated carbocycles. The Hall–Kier alpha value is -4.29. The van der Waals surface area contributed by atoms with Crippen molar-refractivity contribution in [1.29, 1.82) is 0 Å². The number of nitrogens with one attached hydrogen (secondary N) is 1. The molecule has 0 amide bonds. The van der Waals surface area contributed by atoms with Gasteiger partial charge in [0, 0.05) is 29.9 Å². The smallest absolute Gasteiger partial charge is 0.390 e. The fourth-order valence-corrected chi connectivity index (χ4v) is 4.08. The summed E-state index contributed by atoms with van der Waals surface area (Å²) in [6.45, 7) is -0.337. The molecule has 3 aromatic heterocycles. The van der Waals surface area contributed by atoms with E-state index in [2.05, 4.69) is 20.4 Å². The summed E-state index contributed by atoms with van der Waals surface area (Å²) in [6.07, 6.45) is -2.30. The molecule has 0 bridgehead atoms. The van der Waals surface area contributed by atoms with Gasteiger partial charge in [-0.1, -0.05) is 30.3 Å². The van der Waals surface area contributed by atoms with Crippen LogP contribution in [-0.4, -0.2) is 34.4 Å². The summed E-state index contributed by atoms with van der Waals surface area (Å²) in [7, 11) is 1.54. The molecule has 0 aliphatic carbocycles. The Morgan fingerprint density at radius 2 is 1.84 bits per heavy atom. The van der Waals surface area contributed by atoms with Crippen LogP contribution in [0.5, 0.6) is 0 Å². The number of alkyl halides is 3. The lowest BCUT2D eigenvalue weighted by atomic mass is 9.99. The van der Waals surface area contributed by atoms with Gasteiger partial charge in [-0.2, -0.15) is 18.3 Å². The number of nitrogens with zero attached hydrogens (tertiary/aromatic N) is 5. The highest BCUT2D eigenvalue weighted by Gasteiger charge is 2.36. The number of anilines is 1. The van der Waals surface area contributed by atoms with E-state index in [1.807, 2.05) is 0 Å². The van der Waals surface area contributed by atoms with Gasteiger partial charge in [0.15, 0.2) is 11.9 Å². The van der Waals surface area contributed by atoms with E-state index in [0.717, 1.165) is 6.07 Å². The topological polar surface area (TPSA) is 100 Å². The van der Waals surface area contributed by atoms with Crippen LogP contribution in [0.3, 0.4) is 0 Å².